The molecule has 0 bridgehead atoms. The first-order valence-electron chi connectivity index (χ1n) is 4.44. The quantitative estimate of drug-likeness (QED) is 0.746. The fraction of sp³-hybridized carbons (Fsp3) is 0.100. The number of rotatable bonds is 1. The zero-order chi connectivity index (χ0) is 9.38. The lowest BCUT2D eigenvalue weighted by molar-refractivity contribution is 1.07. The van der Waals surface area contributed by atoms with Gasteiger partial charge in [-0.25, -0.2) is 4.98 Å². The Morgan fingerprint density at radius 3 is 3.00 bits per heavy atom. The van der Waals surface area contributed by atoms with Crippen LogP contribution in [0.2, 0.25) is 0 Å². The van der Waals surface area contributed by atoms with E-state index in [4.69, 9.17) is 0 Å². The number of hydrogen-bond donors (Lipinski definition) is 2. The lowest BCUT2D eigenvalue weighted by Gasteiger charge is -1.96. The van der Waals surface area contributed by atoms with Crippen molar-refractivity contribution < 1.29 is 0 Å². The monoisotopic (exact) mass is 203 g/mol. The summed E-state index contributed by atoms with van der Waals surface area (Å²) in [5.74, 6) is 1.86. The lowest BCUT2D eigenvalue weighted by atomic mass is 10.3. The van der Waals surface area contributed by atoms with E-state index < -0.39 is 0 Å². The van der Waals surface area contributed by atoms with E-state index in [1.807, 2.05) is 24.3 Å². The Morgan fingerprint density at radius 2 is 2.21 bits per heavy atom. The Hall–Kier alpha value is -1.42. The summed E-state index contributed by atoms with van der Waals surface area (Å²) in [5, 5.41) is 5.36. The van der Waals surface area contributed by atoms with Crippen molar-refractivity contribution >= 4 is 28.5 Å². The first kappa shape index (κ1) is 7.94. The summed E-state index contributed by atoms with van der Waals surface area (Å²) in [6.07, 6.45) is 0. The Bertz CT molecular complexity index is 468. The molecule has 0 spiro atoms. The van der Waals surface area contributed by atoms with Gasteiger partial charge in [-0.05, 0) is 17.5 Å². The molecule has 0 saturated carbocycles. The summed E-state index contributed by atoms with van der Waals surface area (Å²) in [5.41, 5.74) is 3.19. The summed E-state index contributed by atoms with van der Waals surface area (Å²) in [6.45, 7) is 0. The van der Waals surface area contributed by atoms with Crippen molar-refractivity contribution in [3.8, 4) is 0 Å². The highest BCUT2D eigenvalue weighted by atomic mass is 32.2. The predicted molar refractivity (Wildman–Crippen MR) is 59.7 cm³/mol. The Balaban J connectivity index is 2.14. The van der Waals surface area contributed by atoms with Crippen LogP contribution in [0.4, 0.5) is 0 Å². The van der Waals surface area contributed by atoms with E-state index in [1.54, 1.807) is 11.8 Å². The van der Waals surface area contributed by atoms with Crippen LogP contribution in [-0.4, -0.2) is 15.8 Å². The van der Waals surface area contributed by atoms with Crippen LogP contribution in [0.15, 0.2) is 29.7 Å². The van der Waals surface area contributed by atoms with Crippen LogP contribution in [0.25, 0.3) is 16.7 Å². The number of thioether (sulfide) groups is 1. The number of H-pyrrole nitrogens is 1. The average Bonchev–Trinajstić information content (AvgIpc) is 2.86. The molecule has 1 aliphatic rings. The van der Waals surface area contributed by atoms with Gasteiger partial charge in [-0.15, -0.1) is 11.8 Å². The minimum absolute atomic E-state index is 0.927. The molecule has 4 heteroatoms. The number of benzene rings is 1. The zero-order valence-electron chi connectivity index (χ0n) is 7.45. The third kappa shape index (κ3) is 1.19. The second-order valence-corrected chi connectivity index (χ2v) is 3.98. The molecular formula is C10H9N3S. The van der Waals surface area contributed by atoms with Crippen molar-refractivity contribution in [3.63, 3.8) is 0 Å². The van der Waals surface area contributed by atoms with Crippen LogP contribution in [0, 0.1) is 0 Å². The number of imidazole rings is 1. The van der Waals surface area contributed by atoms with E-state index >= 15 is 0 Å². The molecule has 2 aromatic rings. The fourth-order valence-electron chi connectivity index (χ4n) is 1.51. The first-order chi connectivity index (χ1) is 6.93. The van der Waals surface area contributed by atoms with Crippen molar-refractivity contribution in [2.45, 2.75) is 0 Å². The fourth-order valence-corrected chi connectivity index (χ4v) is 2.19. The number of hydrogen-bond acceptors (Lipinski definition) is 3. The summed E-state index contributed by atoms with van der Waals surface area (Å²) >= 11 is 1.75. The Morgan fingerprint density at radius 1 is 1.29 bits per heavy atom. The minimum Gasteiger partial charge on any atom is -0.372 e. The number of aromatic amines is 1. The highest BCUT2D eigenvalue weighted by Crippen LogP contribution is 2.21. The molecule has 0 atom stereocenters. The van der Waals surface area contributed by atoms with Crippen LogP contribution in [-0.2, 0) is 0 Å². The van der Waals surface area contributed by atoms with Crippen molar-refractivity contribution in [2.75, 3.05) is 5.88 Å². The number of fused-ring (bicyclic) bond motifs is 1. The molecule has 1 aliphatic heterocycles. The number of aromatic nitrogens is 2. The summed E-state index contributed by atoms with van der Waals surface area (Å²) < 4.78 is 0. The maximum Gasteiger partial charge on any atom is 0.155 e. The SMILES string of the molecule is C1=C(c2nc3ccccc3[nH]2)NCS1. The third-order valence-electron chi connectivity index (χ3n) is 2.19. The van der Waals surface area contributed by atoms with E-state index in [0.29, 0.717) is 0 Å². The Kier molecular flexibility index (Phi) is 1.73. The van der Waals surface area contributed by atoms with Crippen molar-refractivity contribution in [2.24, 2.45) is 0 Å². The van der Waals surface area contributed by atoms with E-state index in [2.05, 4.69) is 20.7 Å². The van der Waals surface area contributed by atoms with Gasteiger partial charge in [0.15, 0.2) is 5.82 Å². The second-order valence-electron chi connectivity index (χ2n) is 3.12. The molecule has 70 valence electrons. The molecule has 1 aromatic carbocycles. The second kappa shape index (κ2) is 3.06. The highest BCUT2D eigenvalue weighted by Gasteiger charge is 2.10. The molecule has 2 heterocycles. The largest absolute Gasteiger partial charge is 0.372 e. The highest BCUT2D eigenvalue weighted by molar-refractivity contribution is 8.02. The van der Waals surface area contributed by atoms with Gasteiger partial charge in [-0.3, -0.25) is 0 Å². The van der Waals surface area contributed by atoms with Crippen molar-refractivity contribution in [3.05, 3.63) is 35.5 Å². The molecule has 0 amide bonds. The van der Waals surface area contributed by atoms with Gasteiger partial charge in [0.2, 0.25) is 0 Å². The third-order valence-corrected chi connectivity index (χ3v) is 2.91. The molecule has 0 radical (unpaired) electrons. The van der Waals surface area contributed by atoms with Crippen LogP contribution < -0.4 is 5.32 Å². The normalized spacial score (nSPS) is 15.6. The van der Waals surface area contributed by atoms with Crippen LogP contribution in [0.5, 0.6) is 0 Å². The van der Waals surface area contributed by atoms with Gasteiger partial charge in [0.25, 0.3) is 0 Å². The van der Waals surface area contributed by atoms with Crippen molar-refractivity contribution in [1.82, 2.24) is 15.3 Å². The number of para-hydroxylation sites is 2. The molecular weight excluding hydrogens is 194 g/mol. The van der Waals surface area contributed by atoms with Crippen molar-refractivity contribution in [1.29, 1.82) is 0 Å². The van der Waals surface area contributed by atoms with Crippen LogP contribution in [0.1, 0.15) is 5.82 Å². The molecule has 0 aliphatic carbocycles. The topological polar surface area (TPSA) is 40.7 Å². The number of nitrogens with zero attached hydrogens (tertiary/aromatic N) is 1. The van der Waals surface area contributed by atoms with Gasteiger partial charge < -0.3 is 10.3 Å². The van der Waals surface area contributed by atoms with E-state index in [1.165, 1.54) is 0 Å². The van der Waals surface area contributed by atoms with Crippen LogP contribution >= 0.6 is 11.8 Å². The molecule has 3 nitrogen and oxygen atoms in total. The molecule has 0 unspecified atom stereocenters. The zero-order valence-corrected chi connectivity index (χ0v) is 8.27. The number of nitrogens with one attached hydrogen (secondary N) is 2. The molecule has 1 aromatic heterocycles. The molecule has 14 heavy (non-hydrogen) atoms. The molecule has 0 saturated heterocycles. The van der Waals surface area contributed by atoms with Gasteiger partial charge in [-0.2, -0.15) is 0 Å². The lowest BCUT2D eigenvalue weighted by Crippen LogP contribution is -2.06. The average molecular weight is 203 g/mol. The summed E-state index contributed by atoms with van der Waals surface area (Å²) in [4.78, 5) is 7.78. The van der Waals surface area contributed by atoms with E-state index in [-0.39, 0.29) is 0 Å². The van der Waals surface area contributed by atoms with Gasteiger partial charge in [0.1, 0.15) is 0 Å². The van der Waals surface area contributed by atoms with Gasteiger partial charge >= 0.3 is 0 Å². The van der Waals surface area contributed by atoms with Gasteiger partial charge in [0, 0.05) is 0 Å². The van der Waals surface area contributed by atoms with Crippen LogP contribution in [0.3, 0.4) is 0 Å². The van der Waals surface area contributed by atoms with E-state index in [9.17, 15) is 0 Å². The Labute approximate surface area is 85.6 Å². The smallest absolute Gasteiger partial charge is 0.155 e. The van der Waals surface area contributed by atoms with E-state index in [0.717, 1.165) is 28.4 Å². The molecule has 2 N–H and O–H groups in total. The summed E-state index contributed by atoms with van der Waals surface area (Å²) in [7, 11) is 0. The first-order valence-corrected chi connectivity index (χ1v) is 5.49. The molecule has 3 rings (SSSR count). The molecule has 0 fully saturated rings. The van der Waals surface area contributed by atoms with Gasteiger partial charge in [-0.1, -0.05) is 12.1 Å². The summed E-state index contributed by atoms with van der Waals surface area (Å²) in [6, 6.07) is 8.06. The maximum absolute atomic E-state index is 4.50. The predicted octanol–water partition coefficient (Wildman–Crippen LogP) is 2.16. The maximum atomic E-state index is 4.50. The standard InChI is InChI=1S/C10H9N3S/c1-2-4-8-7(3-1)12-10(13-8)9-5-14-6-11-9/h1-5,11H,6H2,(H,12,13). The van der Waals surface area contributed by atoms with Gasteiger partial charge in [0.05, 0.1) is 22.6 Å². The minimum atomic E-state index is 0.927.